The highest BCUT2D eigenvalue weighted by molar-refractivity contribution is 7.80. The van der Waals surface area contributed by atoms with Crippen LogP contribution in [0.3, 0.4) is 0 Å². The van der Waals surface area contributed by atoms with Crippen LogP contribution in [0.5, 0.6) is 0 Å². The van der Waals surface area contributed by atoms with E-state index in [-0.39, 0.29) is 0 Å². The summed E-state index contributed by atoms with van der Waals surface area (Å²) in [5.41, 5.74) is 5.58. The number of hydrogen-bond acceptors (Lipinski definition) is 2. The van der Waals surface area contributed by atoms with Crippen molar-refractivity contribution < 1.29 is 0 Å². The Kier molecular flexibility index (Phi) is 5.00. The van der Waals surface area contributed by atoms with Crippen molar-refractivity contribution in [2.75, 3.05) is 13.1 Å². The van der Waals surface area contributed by atoms with Crippen molar-refractivity contribution in [3.8, 4) is 0 Å². The van der Waals surface area contributed by atoms with Gasteiger partial charge in [-0.2, -0.15) is 0 Å². The third kappa shape index (κ3) is 4.07. The maximum Gasteiger partial charge on any atom is 0.0742 e. The topological polar surface area (TPSA) is 29.3 Å². The van der Waals surface area contributed by atoms with Crippen LogP contribution in [0.4, 0.5) is 0 Å². The Morgan fingerprint density at radius 1 is 1.33 bits per heavy atom. The van der Waals surface area contributed by atoms with E-state index in [0.29, 0.717) is 11.0 Å². The second-order valence-electron chi connectivity index (χ2n) is 5.14. The van der Waals surface area contributed by atoms with E-state index in [0.717, 1.165) is 18.3 Å². The zero-order valence-corrected chi connectivity index (χ0v) is 11.0. The molecule has 3 heteroatoms. The number of piperidine rings is 1. The quantitative estimate of drug-likeness (QED) is 0.749. The van der Waals surface area contributed by atoms with Crippen molar-refractivity contribution in [1.29, 1.82) is 0 Å². The van der Waals surface area contributed by atoms with E-state index in [1.807, 2.05) is 0 Å². The first-order valence-electron chi connectivity index (χ1n) is 6.03. The average molecular weight is 228 g/mol. The summed E-state index contributed by atoms with van der Waals surface area (Å²) in [4.78, 5) is 3.17. The Hall–Kier alpha value is -0.150. The van der Waals surface area contributed by atoms with Crippen LogP contribution in [0.25, 0.3) is 0 Å². The second kappa shape index (κ2) is 5.80. The molecular weight excluding hydrogens is 204 g/mol. The standard InChI is InChI=1S/C12H24N2S/c1-9(2)11-4-6-14(7-5-11)10(3)8-12(13)15/h9-11H,4-8H2,1-3H3,(H2,13,15). The summed E-state index contributed by atoms with van der Waals surface area (Å²) < 4.78 is 0. The van der Waals surface area contributed by atoms with Crippen LogP contribution in [-0.4, -0.2) is 29.0 Å². The molecule has 1 aliphatic heterocycles. The van der Waals surface area contributed by atoms with Crippen LogP contribution in [0.15, 0.2) is 0 Å². The van der Waals surface area contributed by atoms with Crippen molar-refractivity contribution in [3.63, 3.8) is 0 Å². The van der Waals surface area contributed by atoms with Crippen molar-refractivity contribution in [2.24, 2.45) is 17.6 Å². The molecule has 1 unspecified atom stereocenters. The van der Waals surface area contributed by atoms with Gasteiger partial charge < -0.3 is 10.6 Å². The summed E-state index contributed by atoms with van der Waals surface area (Å²) in [5.74, 6) is 1.75. The van der Waals surface area contributed by atoms with Gasteiger partial charge in [-0.15, -0.1) is 0 Å². The molecule has 0 aliphatic carbocycles. The lowest BCUT2D eigenvalue weighted by atomic mass is 9.86. The third-order valence-corrected chi connectivity index (χ3v) is 3.80. The molecule has 0 radical (unpaired) electrons. The number of hydrogen-bond donors (Lipinski definition) is 1. The second-order valence-corrected chi connectivity index (χ2v) is 5.66. The van der Waals surface area contributed by atoms with Gasteiger partial charge in [0.15, 0.2) is 0 Å². The monoisotopic (exact) mass is 228 g/mol. The highest BCUT2D eigenvalue weighted by Gasteiger charge is 2.24. The van der Waals surface area contributed by atoms with Gasteiger partial charge in [0.2, 0.25) is 0 Å². The Morgan fingerprint density at radius 2 is 1.87 bits per heavy atom. The number of likely N-dealkylation sites (tertiary alicyclic amines) is 1. The van der Waals surface area contributed by atoms with Gasteiger partial charge in [-0.1, -0.05) is 26.1 Å². The van der Waals surface area contributed by atoms with E-state index < -0.39 is 0 Å². The summed E-state index contributed by atoms with van der Waals surface area (Å²) in [6.07, 6.45) is 3.53. The van der Waals surface area contributed by atoms with Gasteiger partial charge >= 0.3 is 0 Å². The molecule has 2 N–H and O–H groups in total. The van der Waals surface area contributed by atoms with Crippen LogP contribution < -0.4 is 5.73 Å². The maximum absolute atomic E-state index is 5.58. The van der Waals surface area contributed by atoms with Crippen LogP contribution >= 0.6 is 12.2 Å². The molecule has 15 heavy (non-hydrogen) atoms. The predicted molar refractivity (Wildman–Crippen MR) is 70.0 cm³/mol. The molecule has 88 valence electrons. The highest BCUT2D eigenvalue weighted by atomic mass is 32.1. The highest BCUT2D eigenvalue weighted by Crippen LogP contribution is 2.25. The van der Waals surface area contributed by atoms with E-state index in [9.17, 15) is 0 Å². The van der Waals surface area contributed by atoms with E-state index in [1.165, 1.54) is 25.9 Å². The Morgan fingerprint density at radius 3 is 2.27 bits per heavy atom. The fraction of sp³-hybridized carbons (Fsp3) is 0.917. The third-order valence-electron chi connectivity index (χ3n) is 3.64. The molecule has 1 saturated heterocycles. The number of rotatable bonds is 4. The molecule has 1 rings (SSSR count). The predicted octanol–water partition coefficient (Wildman–Crippen LogP) is 2.42. The Balaban J connectivity index is 2.33. The minimum absolute atomic E-state index is 0.524. The lowest BCUT2D eigenvalue weighted by Gasteiger charge is -2.37. The van der Waals surface area contributed by atoms with E-state index in [1.54, 1.807) is 0 Å². The van der Waals surface area contributed by atoms with E-state index in [2.05, 4.69) is 25.7 Å². The van der Waals surface area contributed by atoms with Gasteiger partial charge in [0.1, 0.15) is 0 Å². The molecular formula is C12H24N2S. The van der Waals surface area contributed by atoms with Crippen LogP contribution in [0.2, 0.25) is 0 Å². The minimum atomic E-state index is 0.524. The smallest absolute Gasteiger partial charge is 0.0742 e. The molecule has 0 aromatic rings. The van der Waals surface area contributed by atoms with Crippen molar-refractivity contribution in [1.82, 2.24) is 4.90 Å². The Labute approximate surface area is 99.2 Å². The summed E-state index contributed by atoms with van der Waals surface area (Å²) in [6, 6.07) is 0.524. The normalized spacial score (nSPS) is 21.9. The molecule has 0 aromatic heterocycles. The van der Waals surface area contributed by atoms with Gasteiger partial charge in [-0.05, 0) is 44.7 Å². The number of thiocarbonyl (C=S) groups is 1. The van der Waals surface area contributed by atoms with E-state index in [4.69, 9.17) is 18.0 Å². The largest absolute Gasteiger partial charge is 0.393 e. The summed E-state index contributed by atoms with van der Waals surface area (Å²) in [6.45, 7) is 9.33. The molecule has 1 atom stereocenters. The molecule has 0 bridgehead atoms. The maximum atomic E-state index is 5.58. The van der Waals surface area contributed by atoms with Crippen LogP contribution in [0, 0.1) is 11.8 Å². The molecule has 0 saturated carbocycles. The van der Waals surface area contributed by atoms with Gasteiger partial charge in [0, 0.05) is 12.5 Å². The van der Waals surface area contributed by atoms with Gasteiger partial charge in [0.25, 0.3) is 0 Å². The SMILES string of the molecule is CC(C)C1CCN(C(C)CC(N)=S)CC1. The first kappa shape index (κ1) is 12.9. The van der Waals surface area contributed by atoms with Crippen LogP contribution in [-0.2, 0) is 0 Å². The number of nitrogens with zero attached hydrogens (tertiary/aromatic N) is 1. The van der Waals surface area contributed by atoms with Crippen molar-refractivity contribution in [3.05, 3.63) is 0 Å². The summed E-state index contributed by atoms with van der Waals surface area (Å²) in [5, 5.41) is 0. The first-order chi connectivity index (χ1) is 7.00. The molecule has 1 fully saturated rings. The molecule has 1 aliphatic rings. The zero-order chi connectivity index (χ0) is 11.4. The molecule has 2 nitrogen and oxygen atoms in total. The molecule has 0 spiro atoms. The lowest BCUT2D eigenvalue weighted by molar-refractivity contribution is 0.124. The van der Waals surface area contributed by atoms with E-state index >= 15 is 0 Å². The van der Waals surface area contributed by atoms with Gasteiger partial charge in [-0.3, -0.25) is 0 Å². The zero-order valence-electron chi connectivity index (χ0n) is 10.2. The fourth-order valence-electron chi connectivity index (χ4n) is 2.45. The summed E-state index contributed by atoms with van der Waals surface area (Å²) in [7, 11) is 0. The molecule has 1 heterocycles. The minimum Gasteiger partial charge on any atom is -0.393 e. The summed E-state index contributed by atoms with van der Waals surface area (Å²) >= 11 is 4.96. The van der Waals surface area contributed by atoms with Crippen LogP contribution in [0.1, 0.15) is 40.0 Å². The first-order valence-corrected chi connectivity index (χ1v) is 6.44. The van der Waals surface area contributed by atoms with Crippen molar-refractivity contribution >= 4 is 17.2 Å². The average Bonchev–Trinajstić information content (AvgIpc) is 2.17. The van der Waals surface area contributed by atoms with Crippen molar-refractivity contribution in [2.45, 2.75) is 46.1 Å². The molecule has 0 aromatic carbocycles. The number of nitrogens with two attached hydrogens (primary N) is 1. The lowest BCUT2D eigenvalue weighted by Crippen LogP contribution is -2.42. The van der Waals surface area contributed by atoms with Gasteiger partial charge in [-0.25, -0.2) is 0 Å². The Bertz CT molecular complexity index is 208. The van der Waals surface area contributed by atoms with Gasteiger partial charge in [0.05, 0.1) is 4.99 Å². The molecule has 0 amide bonds. The fourth-order valence-corrected chi connectivity index (χ4v) is 2.69.